The molecule has 1 aromatic heterocycles. The van der Waals surface area contributed by atoms with Crippen LogP contribution in [0.3, 0.4) is 0 Å². The number of primary amides is 1. The molecule has 33 heavy (non-hydrogen) atoms. The highest BCUT2D eigenvalue weighted by Crippen LogP contribution is 2.20. The molecule has 1 heterocycles. The summed E-state index contributed by atoms with van der Waals surface area (Å²) in [4.78, 5) is 36.7. The van der Waals surface area contributed by atoms with Crippen molar-refractivity contribution in [3.05, 3.63) is 76.3 Å². The van der Waals surface area contributed by atoms with Crippen molar-refractivity contribution in [2.75, 3.05) is 5.32 Å². The number of benzene rings is 2. The molecule has 0 aliphatic heterocycles. The highest BCUT2D eigenvalue weighted by molar-refractivity contribution is 6.34. The summed E-state index contributed by atoms with van der Waals surface area (Å²) >= 11 is 5.99. The quantitative estimate of drug-likeness (QED) is 0.515. The van der Waals surface area contributed by atoms with E-state index in [1.165, 1.54) is 18.2 Å². The van der Waals surface area contributed by atoms with E-state index in [9.17, 15) is 22.8 Å². The number of rotatable bonds is 4. The lowest BCUT2D eigenvalue weighted by Crippen LogP contribution is -2.21. The lowest BCUT2D eigenvalue weighted by atomic mass is 10.1. The van der Waals surface area contributed by atoms with Gasteiger partial charge >= 0.3 is 12.1 Å². The average Bonchev–Trinajstić information content (AvgIpc) is 3.06. The molecule has 174 valence electrons. The summed E-state index contributed by atoms with van der Waals surface area (Å²) in [6, 6.07) is 11.8. The van der Waals surface area contributed by atoms with Gasteiger partial charge in [0.2, 0.25) is 5.91 Å². The molecule has 0 aliphatic rings. The zero-order valence-electron chi connectivity index (χ0n) is 17.3. The number of hydrogen-bond acceptors (Lipinski definition) is 4. The highest BCUT2D eigenvalue weighted by atomic mass is 35.5. The van der Waals surface area contributed by atoms with Gasteiger partial charge in [0.15, 0.2) is 0 Å². The SMILES string of the molecule is Cc1ncn(-c2ccc(NC(=O)c3ccc(C(N)=O)c(Cl)c3)cc2)c1C.O=C(O)C(F)(F)F. The number of aromatic nitrogens is 2. The molecule has 0 saturated carbocycles. The number of amides is 2. The first kappa shape index (κ1) is 25.4. The predicted octanol–water partition coefficient (Wildman–Crippen LogP) is 4.13. The summed E-state index contributed by atoms with van der Waals surface area (Å²) < 4.78 is 33.7. The molecular weight excluding hydrogens is 465 g/mol. The second kappa shape index (κ2) is 10.2. The standard InChI is InChI=1S/C19H17ClN4O2.C2HF3O2/c1-11-12(2)24(10-22-11)15-6-4-14(5-7-15)23-19(26)13-3-8-16(18(21)25)17(20)9-13;3-2(4,5)1(6)7/h3-10H,1-2H3,(H2,21,25)(H,23,26);(H,6,7). The molecule has 0 atom stereocenters. The van der Waals surface area contributed by atoms with Crippen LogP contribution in [0, 0.1) is 13.8 Å². The number of hydrogen-bond donors (Lipinski definition) is 3. The molecule has 3 aromatic rings. The van der Waals surface area contributed by atoms with E-state index in [4.69, 9.17) is 27.2 Å². The third kappa shape index (κ3) is 6.56. The van der Waals surface area contributed by atoms with Crippen molar-refractivity contribution in [1.29, 1.82) is 0 Å². The number of nitrogens with two attached hydrogens (primary N) is 1. The Labute approximate surface area is 190 Å². The Hall–Kier alpha value is -3.86. The first-order chi connectivity index (χ1) is 15.3. The van der Waals surface area contributed by atoms with E-state index in [2.05, 4.69) is 10.3 Å². The molecule has 0 spiro atoms. The summed E-state index contributed by atoms with van der Waals surface area (Å²) in [7, 11) is 0. The topological polar surface area (TPSA) is 127 Å². The van der Waals surface area contributed by atoms with E-state index in [1.54, 1.807) is 18.5 Å². The van der Waals surface area contributed by atoms with Gasteiger partial charge in [0.25, 0.3) is 5.91 Å². The minimum Gasteiger partial charge on any atom is -0.475 e. The van der Waals surface area contributed by atoms with Crippen molar-refractivity contribution < 1.29 is 32.7 Å². The monoisotopic (exact) mass is 482 g/mol. The molecule has 2 aromatic carbocycles. The molecule has 3 rings (SSSR count). The Morgan fingerprint density at radius 3 is 2.09 bits per heavy atom. The van der Waals surface area contributed by atoms with Gasteiger partial charge in [0.1, 0.15) is 0 Å². The number of anilines is 1. The number of aryl methyl sites for hydroxylation is 1. The smallest absolute Gasteiger partial charge is 0.475 e. The van der Waals surface area contributed by atoms with Crippen LogP contribution in [0.15, 0.2) is 48.8 Å². The number of alkyl halides is 3. The number of aliphatic carboxylic acids is 1. The van der Waals surface area contributed by atoms with Gasteiger partial charge in [-0.3, -0.25) is 9.59 Å². The minimum absolute atomic E-state index is 0.145. The maximum absolute atomic E-state index is 12.4. The second-order valence-corrected chi connectivity index (χ2v) is 7.06. The Morgan fingerprint density at radius 1 is 1.09 bits per heavy atom. The van der Waals surface area contributed by atoms with Crippen LogP contribution < -0.4 is 11.1 Å². The third-order valence-electron chi connectivity index (χ3n) is 4.39. The fraction of sp³-hybridized carbons (Fsp3) is 0.143. The predicted molar refractivity (Wildman–Crippen MR) is 115 cm³/mol. The molecule has 4 N–H and O–H groups in total. The van der Waals surface area contributed by atoms with Gasteiger partial charge in [-0.2, -0.15) is 13.2 Å². The third-order valence-corrected chi connectivity index (χ3v) is 4.71. The molecule has 0 fully saturated rings. The molecule has 0 aliphatic carbocycles. The Morgan fingerprint density at radius 2 is 1.67 bits per heavy atom. The first-order valence-corrected chi connectivity index (χ1v) is 9.51. The van der Waals surface area contributed by atoms with E-state index in [0.717, 1.165) is 17.1 Å². The number of imidazole rings is 1. The average molecular weight is 483 g/mol. The van der Waals surface area contributed by atoms with Crippen LogP contribution in [-0.4, -0.2) is 38.6 Å². The maximum atomic E-state index is 12.4. The Balaban J connectivity index is 0.000000479. The van der Waals surface area contributed by atoms with Crippen LogP contribution in [-0.2, 0) is 4.79 Å². The lowest BCUT2D eigenvalue weighted by Gasteiger charge is -2.09. The van der Waals surface area contributed by atoms with Gasteiger partial charge < -0.3 is 20.7 Å². The van der Waals surface area contributed by atoms with Crippen molar-refractivity contribution >= 4 is 35.1 Å². The lowest BCUT2D eigenvalue weighted by molar-refractivity contribution is -0.192. The molecule has 0 saturated heterocycles. The fourth-order valence-corrected chi connectivity index (χ4v) is 2.80. The van der Waals surface area contributed by atoms with Gasteiger partial charge in [-0.25, -0.2) is 9.78 Å². The molecule has 2 amide bonds. The van der Waals surface area contributed by atoms with E-state index < -0.39 is 18.1 Å². The summed E-state index contributed by atoms with van der Waals surface area (Å²) in [5.41, 5.74) is 9.35. The van der Waals surface area contributed by atoms with Crippen molar-refractivity contribution in [1.82, 2.24) is 9.55 Å². The zero-order valence-corrected chi connectivity index (χ0v) is 18.0. The van der Waals surface area contributed by atoms with Crippen LogP contribution in [0.2, 0.25) is 5.02 Å². The van der Waals surface area contributed by atoms with Gasteiger partial charge in [-0.05, 0) is 56.3 Å². The van der Waals surface area contributed by atoms with Crippen molar-refractivity contribution in [3.63, 3.8) is 0 Å². The van der Waals surface area contributed by atoms with Crippen LogP contribution >= 0.6 is 11.6 Å². The molecule has 12 heteroatoms. The van der Waals surface area contributed by atoms with Crippen LogP contribution in [0.1, 0.15) is 32.1 Å². The normalized spacial score (nSPS) is 10.7. The Bertz CT molecular complexity index is 1190. The van der Waals surface area contributed by atoms with Crippen molar-refractivity contribution in [3.8, 4) is 5.69 Å². The zero-order chi connectivity index (χ0) is 24.9. The van der Waals surface area contributed by atoms with E-state index in [0.29, 0.717) is 11.3 Å². The van der Waals surface area contributed by atoms with Crippen molar-refractivity contribution in [2.24, 2.45) is 5.73 Å². The number of halogens is 4. The molecule has 0 bridgehead atoms. The summed E-state index contributed by atoms with van der Waals surface area (Å²) in [6.07, 6.45) is -3.32. The van der Waals surface area contributed by atoms with Gasteiger partial charge in [-0.15, -0.1) is 0 Å². The molecular formula is C21H18ClF3N4O4. The molecule has 0 radical (unpaired) electrons. The van der Waals surface area contributed by atoms with E-state index in [-0.39, 0.29) is 16.5 Å². The summed E-state index contributed by atoms with van der Waals surface area (Å²) in [6.45, 7) is 3.95. The number of carboxylic acid groups (broad SMARTS) is 1. The van der Waals surface area contributed by atoms with Crippen LogP contribution in [0.25, 0.3) is 5.69 Å². The van der Waals surface area contributed by atoms with E-state index >= 15 is 0 Å². The van der Waals surface area contributed by atoms with Crippen molar-refractivity contribution in [2.45, 2.75) is 20.0 Å². The summed E-state index contributed by atoms with van der Waals surface area (Å²) in [5.74, 6) is -3.72. The second-order valence-electron chi connectivity index (χ2n) is 6.65. The van der Waals surface area contributed by atoms with Gasteiger partial charge in [0.05, 0.1) is 22.6 Å². The number of carbonyl (C=O) groups excluding carboxylic acids is 2. The maximum Gasteiger partial charge on any atom is 0.490 e. The van der Waals surface area contributed by atoms with Gasteiger partial charge in [0, 0.05) is 22.6 Å². The van der Waals surface area contributed by atoms with E-state index in [1.807, 2.05) is 30.5 Å². The minimum atomic E-state index is -5.08. The Kier molecular flexibility index (Phi) is 7.83. The number of carboxylic acids is 1. The first-order valence-electron chi connectivity index (χ1n) is 9.13. The summed E-state index contributed by atoms with van der Waals surface area (Å²) in [5, 5.41) is 10.1. The fourth-order valence-electron chi connectivity index (χ4n) is 2.52. The largest absolute Gasteiger partial charge is 0.490 e. The van der Waals surface area contributed by atoms with Gasteiger partial charge in [-0.1, -0.05) is 11.6 Å². The molecule has 8 nitrogen and oxygen atoms in total. The van der Waals surface area contributed by atoms with Crippen LogP contribution in [0.4, 0.5) is 18.9 Å². The number of carbonyl (C=O) groups is 3. The highest BCUT2D eigenvalue weighted by Gasteiger charge is 2.38. The number of nitrogens with one attached hydrogen (secondary N) is 1. The molecule has 0 unspecified atom stereocenters. The number of nitrogens with zero attached hydrogens (tertiary/aromatic N) is 2. The van der Waals surface area contributed by atoms with Crippen LogP contribution in [0.5, 0.6) is 0 Å².